The molecule has 0 saturated carbocycles. The molecule has 0 aromatic heterocycles. The van der Waals surface area contributed by atoms with E-state index < -0.39 is 0 Å². The van der Waals surface area contributed by atoms with E-state index in [2.05, 4.69) is 0 Å². The van der Waals surface area contributed by atoms with Crippen molar-refractivity contribution >= 4 is 0 Å². The monoisotopic (exact) mass is 245 g/mol. The fraction of sp³-hybridized carbons (Fsp3) is 0. The predicted octanol–water partition coefficient (Wildman–Crippen LogP) is 1.40. The molecule has 1 aromatic carbocycles. The van der Waals surface area contributed by atoms with Crippen molar-refractivity contribution in [2.45, 2.75) is 0 Å². The predicted molar refractivity (Wildman–Crippen MR) is 22.0 cm³/mol. The van der Waals surface area contributed by atoms with Gasteiger partial charge < -0.3 is 0 Å². The van der Waals surface area contributed by atoms with Gasteiger partial charge in [-0.15, -0.1) is 0 Å². The van der Waals surface area contributed by atoms with Gasteiger partial charge in [0.05, 0.1) is 0 Å². The molecular formula is C5H5Hf-. The molecular weight excluding hydrogens is 239 g/mol. The minimum atomic E-state index is 0. The molecule has 0 fully saturated rings. The van der Waals surface area contributed by atoms with Crippen molar-refractivity contribution in [2.24, 2.45) is 0 Å². The Balaban J connectivity index is 0.000000250. The Morgan fingerprint density at radius 2 is 1.50 bits per heavy atom. The van der Waals surface area contributed by atoms with Crippen LogP contribution in [0.5, 0.6) is 0 Å². The van der Waals surface area contributed by atoms with Gasteiger partial charge in [0.2, 0.25) is 0 Å². The van der Waals surface area contributed by atoms with Gasteiger partial charge in [0, 0.05) is 25.8 Å². The van der Waals surface area contributed by atoms with Crippen LogP contribution in [0.1, 0.15) is 0 Å². The first-order valence-corrected chi connectivity index (χ1v) is 1.67. The molecule has 0 nitrogen and oxygen atoms in total. The van der Waals surface area contributed by atoms with Crippen LogP contribution in [0, 0.1) is 0 Å². The topological polar surface area (TPSA) is 0 Å². The van der Waals surface area contributed by atoms with Crippen LogP contribution in [0.25, 0.3) is 0 Å². The van der Waals surface area contributed by atoms with Gasteiger partial charge in [-0.3, -0.25) is 0 Å². The molecule has 0 aliphatic rings. The molecule has 0 saturated heterocycles. The van der Waals surface area contributed by atoms with Crippen molar-refractivity contribution in [1.29, 1.82) is 0 Å². The molecule has 0 heterocycles. The maximum Gasteiger partial charge on any atom is 0 e. The quantitative estimate of drug-likeness (QED) is 0.477. The van der Waals surface area contributed by atoms with Crippen molar-refractivity contribution in [3.05, 3.63) is 30.3 Å². The average molecular weight is 244 g/mol. The van der Waals surface area contributed by atoms with Crippen molar-refractivity contribution in [2.75, 3.05) is 0 Å². The summed E-state index contributed by atoms with van der Waals surface area (Å²) in [7, 11) is 0. The molecule has 30 valence electrons. The number of hydrogen-bond donors (Lipinski definition) is 0. The minimum Gasteiger partial charge on any atom is -0.214 e. The number of hydrogen-bond acceptors (Lipinski definition) is 0. The van der Waals surface area contributed by atoms with Crippen molar-refractivity contribution in [3.8, 4) is 0 Å². The molecule has 0 spiro atoms. The summed E-state index contributed by atoms with van der Waals surface area (Å²) < 4.78 is 0. The van der Waals surface area contributed by atoms with Crippen LogP contribution in [0.2, 0.25) is 0 Å². The van der Waals surface area contributed by atoms with Crippen LogP contribution in [0.3, 0.4) is 0 Å². The second-order valence-electron chi connectivity index (χ2n) is 0.962. The summed E-state index contributed by atoms with van der Waals surface area (Å²) in [6.45, 7) is 0. The maximum absolute atomic E-state index is 2.00. The van der Waals surface area contributed by atoms with Crippen molar-refractivity contribution in [3.63, 3.8) is 0 Å². The van der Waals surface area contributed by atoms with E-state index in [1.165, 1.54) is 0 Å². The van der Waals surface area contributed by atoms with Gasteiger partial charge in [-0.05, 0) is 0 Å². The Morgan fingerprint density at radius 3 is 1.67 bits per heavy atom. The molecule has 1 heteroatoms. The standard InChI is InChI=1S/C5H5.Hf/c1-2-4-5-3-1;/h1-5H;/q-1;. The van der Waals surface area contributed by atoms with Crippen LogP contribution in [-0.2, 0) is 25.8 Å². The third-order valence-electron chi connectivity index (χ3n) is 0.556. The largest absolute Gasteiger partial charge is 0.214 e. The van der Waals surface area contributed by atoms with Crippen LogP contribution in [0.15, 0.2) is 30.3 Å². The third kappa shape index (κ3) is 1.61. The maximum atomic E-state index is 2.00. The second-order valence-corrected chi connectivity index (χ2v) is 0.962. The fourth-order valence-corrected chi connectivity index (χ4v) is 0.321. The van der Waals surface area contributed by atoms with Gasteiger partial charge in [-0.25, -0.2) is 12.1 Å². The first-order valence-electron chi connectivity index (χ1n) is 1.67. The van der Waals surface area contributed by atoms with Gasteiger partial charge in [-0.1, -0.05) is 0 Å². The average Bonchev–Trinajstić information content (AvgIpc) is 1.76. The summed E-state index contributed by atoms with van der Waals surface area (Å²) in [6, 6.07) is 10.0. The van der Waals surface area contributed by atoms with Crippen LogP contribution in [0.4, 0.5) is 0 Å². The minimum absolute atomic E-state index is 0. The zero-order valence-corrected chi connectivity index (χ0v) is 6.98. The van der Waals surface area contributed by atoms with E-state index in [-0.39, 0.29) is 25.8 Å². The Kier molecular flexibility index (Phi) is 3.54. The van der Waals surface area contributed by atoms with E-state index in [1.807, 2.05) is 30.3 Å². The van der Waals surface area contributed by atoms with Gasteiger partial charge in [0.25, 0.3) is 0 Å². The fourth-order valence-electron chi connectivity index (χ4n) is 0.321. The first-order chi connectivity index (χ1) is 2.50. The van der Waals surface area contributed by atoms with Crippen LogP contribution >= 0.6 is 0 Å². The summed E-state index contributed by atoms with van der Waals surface area (Å²) in [4.78, 5) is 0. The summed E-state index contributed by atoms with van der Waals surface area (Å²) >= 11 is 0. The van der Waals surface area contributed by atoms with E-state index in [4.69, 9.17) is 0 Å². The Bertz CT molecular complexity index is 60.4. The number of rotatable bonds is 0. The van der Waals surface area contributed by atoms with Gasteiger partial charge in [-0.2, -0.15) is 18.2 Å². The zero-order chi connectivity index (χ0) is 3.54. The summed E-state index contributed by atoms with van der Waals surface area (Å²) in [6.07, 6.45) is 0. The molecule has 0 aliphatic heterocycles. The SMILES string of the molecule is [Hf].c1cc[cH-]c1. The molecule has 0 amide bonds. The van der Waals surface area contributed by atoms with Crippen LogP contribution in [-0.4, -0.2) is 0 Å². The second kappa shape index (κ2) is 3.41. The van der Waals surface area contributed by atoms with Crippen molar-refractivity contribution < 1.29 is 25.8 Å². The molecule has 0 N–H and O–H groups in total. The smallest absolute Gasteiger partial charge is 0 e. The van der Waals surface area contributed by atoms with Crippen molar-refractivity contribution in [1.82, 2.24) is 0 Å². The van der Waals surface area contributed by atoms with Crippen LogP contribution < -0.4 is 0 Å². The molecule has 0 bridgehead atoms. The van der Waals surface area contributed by atoms with E-state index in [0.717, 1.165) is 0 Å². The summed E-state index contributed by atoms with van der Waals surface area (Å²) in [5.74, 6) is 0. The Morgan fingerprint density at radius 1 is 1.00 bits per heavy atom. The molecule has 6 heavy (non-hydrogen) atoms. The molecule has 1 aromatic rings. The molecule has 0 unspecified atom stereocenters. The molecule has 0 radical (unpaired) electrons. The normalized spacial score (nSPS) is 6.67. The van der Waals surface area contributed by atoms with Gasteiger partial charge in [0.15, 0.2) is 0 Å². The zero-order valence-electron chi connectivity index (χ0n) is 3.39. The van der Waals surface area contributed by atoms with Gasteiger partial charge >= 0.3 is 0 Å². The Hall–Kier alpha value is 0.220. The Labute approximate surface area is 56.3 Å². The molecule has 1 rings (SSSR count). The first kappa shape index (κ1) is 6.22. The molecule has 0 aliphatic carbocycles. The van der Waals surface area contributed by atoms with E-state index in [1.54, 1.807) is 0 Å². The summed E-state index contributed by atoms with van der Waals surface area (Å²) in [5.41, 5.74) is 0. The van der Waals surface area contributed by atoms with E-state index >= 15 is 0 Å². The van der Waals surface area contributed by atoms with Gasteiger partial charge in [0.1, 0.15) is 0 Å². The van der Waals surface area contributed by atoms with E-state index in [9.17, 15) is 0 Å². The molecule has 0 atom stereocenters. The van der Waals surface area contributed by atoms with E-state index in [0.29, 0.717) is 0 Å². The summed E-state index contributed by atoms with van der Waals surface area (Å²) in [5, 5.41) is 0. The third-order valence-corrected chi connectivity index (χ3v) is 0.556.